The number of hydrogen-bond acceptors (Lipinski definition) is 6. The summed E-state index contributed by atoms with van der Waals surface area (Å²) in [6, 6.07) is 1.67. The molecule has 0 rings (SSSR count). The summed E-state index contributed by atoms with van der Waals surface area (Å²) in [7, 11) is 0. The zero-order valence-corrected chi connectivity index (χ0v) is 9.45. The zero-order valence-electron chi connectivity index (χ0n) is 8.56. The number of esters is 1. The van der Waals surface area contributed by atoms with Crippen molar-refractivity contribution in [1.82, 2.24) is 0 Å². The topological polar surface area (TPSA) is 119 Å². The minimum absolute atomic E-state index is 0.0887. The van der Waals surface area contributed by atoms with Crippen molar-refractivity contribution in [3.8, 4) is 6.07 Å². The Morgan fingerprint density at radius 3 is 2.38 bits per heavy atom. The van der Waals surface area contributed by atoms with Gasteiger partial charge in [0.25, 0.3) is 5.91 Å². The van der Waals surface area contributed by atoms with Gasteiger partial charge in [-0.1, -0.05) is 0 Å². The van der Waals surface area contributed by atoms with Gasteiger partial charge < -0.3 is 16.2 Å². The van der Waals surface area contributed by atoms with Crippen molar-refractivity contribution >= 4 is 24.5 Å². The number of thiol groups is 1. The van der Waals surface area contributed by atoms with Crippen molar-refractivity contribution < 1.29 is 14.3 Å². The van der Waals surface area contributed by atoms with Gasteiger partial charge in [-0.05, 0) is 13.0 Å². The van der Waals surface area contributed by atoms with Gasteiger partial charge in [0.05, 0.1) is 17.2 Å². The predicted octanol–water partition coefficient (Wildman–Crippen LogP) is -0.415. The number of nitrogens with two attached hydrogens (primary N) is 2. The molecule has 1 amide bonds. The van der Waals surface area contributed by atoms with E-state index < -0.39 is 17.4 Å². The second kappa shape index (κ2) is 6.53. The molecule has 6 nitrogen and oxygen atoms in total. The summed E-state index contributed by atoms with van der Waals surface area (Å²) in [6.45, 7) is 1.66. The van der Waals surface area contributed by atoms with Crippen molar-refractivity contribution in [2.24, 2.45) is 11.5 Å². The summed E-state index contributed by atoms with van der Waals surface area (Å²) >= 11 is 3.72. The van der Waals surface area contributed by atoms with Crippen molar-refractivity contribution in [3.05, 3.63) is 22.3 Å². The SMILES string of the molecule is CCOC(=O)/C(=C/C(C#N)=C(\N)S)C(N)=O. The first kappa shape index (κ1) is 14.1. The Hall–Kier alpha value is -1.94. The quantitative estimate of drug-likeness (QED) is 0.117. The lowest BCUT2D eigenvalue weighted by Crippen LogP contribution is -2.22. The zero-order chi connectivity index (χ0) is 12.7. The van der Waals surface area contributed by atoms with Crippen LogP contribution in [0.2, 0.25) is 0 Å². The summed E-state index contributed by atoms with van der Waals surface area (Å²) in [5.41, 5.74) is 9.62. The molecule has 0 spiro atoms. The molecule has 0 unspecified atom stereocenters. The van der Waals surface area contributed by atoms with E-state index in [-0.39, 0.29) is 17.2 Å². The Labute approximate surface area is 97.9 Å². The van der Waals surface area contributed by atoms with Crippen molar-refractivity contribution in [1.29, 1.82) is 5.26 Å². The molecule has 4 N–H and O–H groups in total. The Bertz CT molecular complexity index is 403. The van der Waals surface area contributed by atoms with Crippen LogP contribution in [0.5, 0.6) is 0 Å². The molecule has 16 heavy (non-hydrogen) atoms. The summed E-state index contributed by atoms with van der Waals surface area (Å²) in [6.07, 6.45) is 0.947. The summed E-state index contributed by atoms with van der Waals surface area (Å²) in [5.74, 6) is -1.90. The third-order valence-electron chi connectivity index (χ3n) is 1.45. The van der Waals surface area contributed by atoms with E-state index in [1.165, 1.54) is 0 Å². The number of carbonyl (C=O) groups is 2. The first-order valence-electron chi connectivity index (χ1n) is 4.21. The highest BCUT2D eigenvalue weighted by Gasteiger charge is 2.17. The Morgan fingerprint density at radius 1 is 1.50 bits per heavy atom. The second-order valence-electron chi connectivity index (χ2n) is 2.55. The molecule has 0 atom stereocenters. The molecule has 0 fully saturated rings. The molecule has 0 heterocycles. The Morgan fingerprint density at radius 2 is 2.06 bits per heavy atom. The fourth-order valence-corrected chi connectivity index (χ4v) is 0.862. The van der Waals surface area contributed by atoms with E-state index in [1.807, 2.05) is 0 Å². The Balaban J connectivity index is 5.32. The lowest BCUT2D eigenvalue weighted by Gasteiger charge is -2.02. The number of amides is 1. The van der Waals surface area contributed by atoms with Crippen LogP contribution in [0.25, 0.3) is 0 Å². The highest BCUT2D eigenvalue weighted by Crippen LogP contribution is 2.08. The average Bonchev–Trinajstić information content (AvgIpc) is 2.18. The number of rotatable bonds is 4. The Kier molecular flexibility index (Phi) is 5.74. The van der Waals surface area contributed by atoms with Gasteiger partial charge >= 0.3 is 5.97 Å². The van der Waals surface area contributed by atoms with Gasteiger partial charge in [0.15, 0.2) is 0 Å². The van der Waals surface area contributed by atoms with Crippen molar-refractivity contribution in [2.75, 3.05) is 6.61 Å². The number of nitriles is 1. The van der Waals surface area contributed by atoms with Crippen LogP contribution in [-0.2, 0) is 14.3 Å². The highest BCUT2D eigenvalue weighted by molar-refractivity contribution is 7.84. The molecule has 0 bridgehead atoms. The average molecular weight is 241 g/mol. The normalized spacial score (nSPS) is 12.4. The van der Waals surface area contributed by atoms with E-state index in [0.717, 1.165) is 6.08 Å². The fraction of sp³-hybridized carbons (Fsp3) is 0.222. The standard InChI is InChI=1S/C9H11N3O3S/c1-2-15-9(14)6(7(11)13)3-5(4-10)8(12)16/h3,16H,2,12H2,1H3,(H2,11,13)/b6-3+,8-5-. The predicted molar refractivity (Wildman–Crippen MR) is 59.7 cm³/mol. The summed E-state index contributed by atoms with van der Waals surface area (Å²) < 4.78 is 4.58. The van der Waals surface area contributed by atoms with E-state index >= 15 is 0 Å². The smallest absolute Gasteiger partial charge is 0.343 e. The first-order valence-corrected chi connectivity index (χ1v) is 4.66. The van der Waals surface area contributed by atoms with Gasteiger partial charge in [0.1, 0.15) is 11.6 Å². The van der Waals surface area contributed by atoms with E-state index in [2.05, 4.69) is 17.4 Å². The van der Waals surface area contributed by atoms with E-state index in [0.29, 0.717) is 0 Å². The molecule has 0 aromatic carbocycles. The van der Waals surface area contributed by atoms with Gasteiger partial charge in [0.2, 0.25) is 0 Å². The molecule has 0 radical (unpaired) electrons. The monoisotopic (exact) mass is 241 g/mol. The molecule has 0 aliphatic carbocycles. The van der Waals surface area contributed by atoms with E-state index in [4.69, 9.17) is 16.7 Å². The summed E-state index contributed by atoms with van der Waals surface area (Å²) in [5, 5.41) is 8.53. The second-order valence-corrected chi connectivity index (χ2v) is 3.04. The van der Waals surface area contributed by atoms with Crippen LogP contribution >= 0.6 is 12.6 Å². The molecule has 0 aliphatic rings. The van der Waals surface area contributed by atoms with Crippen LogP contribution in [0.3, 0.4) is 0 Å². The molecule has 7 heteroatoms. The maximum atomic E-state index is 11.3. The van der Waals surface area contributed by atoms with Crippen LogP contribution in [0, 0.1) is 11.3 Å². The molecular weight excluding hydrogens is 230 g/mol. The lowest BCUT2D eigenvalue weighted by molar-refractivity contribution is -0.139. The minimum Gasteiger partial charge on any atom is -0.462 e. The molecule has 0 aliphatic heterocycles. The van der Waals surface area contributed by atoms with Gasteiger partial charge in [-0.25, -0.2) is 4.79 Å². The lowest BCUT2D eigenvalue weighted by atomic mass is 10.1. The molecule has 86 valence electrons. The largest absolute Gasteiger partial charge is 0.462 e. The molecule has 0 saturated heterocycles. The number of carbonyl (C=O) groups excluding carboxylic acids is 2. The summed E-state index contributed by atoms with van der Waals surface area (Å²) in [4.78, 5) is 22.2. The third kappa shape index (κ3) is 4.06. The molecule has 0 aromatic heterocycles. The maximum Gasteiger partial charge on any atom is 0.343 e. The first-order chi connectivity index (χ1) is 7.43. The third-order valence-corrected chi connectivity index (χ3v) is 1.69. The van der Waals surface area contributed by atoms with Crippen LogP contribution < -0.4 is 11.5 Å². The number of nitrogens with zero attached hydrogens (tertiary/aromatic N) is 1. The highest BCUT2D eigenvalue weighted by atomic mass is 32.1. The van der Waals surface area contributed by atoms with Gasteiger partial charge in [0, 0.05) is 0 Å². The van der Waals surface area contributed by atoms with Gasteiger partial charge in [-0.15, -0.1) is 12.6 Å². The van der Waals surface area contributed by atoms with Gasteiger partial charge in [-0.2, -0.15) is 5.26 Å². The number of allylic oxidation sites excluding steroid dienone is 2. The van der Waals surface area contributed by atoms with Crippen LogP contribution in [-0.4, -0.2) is 18.5 Å². The van der Waals surface area contributed by atoms with Crippen LogP contribution in [0.4, 0.5) is 0 Å². The van der Waals surface area contributed by atoms with Crippen LogP contribution in [0.15, 0.2) is 22.3 Å². The molecular formula is C9H11N3O3S. The number of ether oxygens (including phenoxy) is 1. The minimum atomic E-state index is -0.999. The van der Waals surface area contributed by atoms with E-state index in [1.54, 1.807) is 13.0 Å². The van der Waals surface area contributed by atoms with Crippen molar-refractivity contribution in [3.63, 3.8) is 0 Å². The molecule has 0 aromatic rings. The van der Waals surface area contributed by atoms with Crippen molar-refractivity contribution in [2.45, 2.75) is 6.92 Å². The maximum absolute atomic E-state index is 11.3. The number of primary amides is 1. The van der Waals surface area contributed by atoms with Gasteiger partial charge in [-0.3, -0.25) is 4.79 Å². The fourth-order valence-electron chi connectivity index (χ4n) is 0.747. The van der Waals surface area contributed by atoms with Crippen LogP contribution in [0.1, 0.15) is 6.92 Å². The van der Waals surface area contributed by atoms with E-state index in [9.17, 15) is 9.59 Å². The number of hydrogen-bond donors (Lipinski definition) is 3. The molecule has 0 saturated carbocycles.